The molecular weight excluding hydrogens is 280 g/mol. The van der Waals surface area contributed by atoms with Gasteiger partial charge in [-0.1, -0.05) is 12.1 Å². The van der Waals surface area contributed by atoms with E-state index in [-0.39, 0.29) is 12.0 Å². The minimum Gasteiger partial charge on any atom is -0.485 e. The van der Waals surface area contributed by atoms with E-state index in [9.17, 15) is 13.6 Å². The van der Waals surface area contributed by atoms with Gasteiger partial charge in [-0.05, 0) is 37.8 Å². The maximum atomic E-state index is 12.2. The summed E-state index contributed by atoms with van der Waals surface area (Å²) in [5, 5.41) is 12.2. The van der Waals surface area contributed by atoms with Crippen LogP contribution in [0, 0.1) is 5.92 Å². The molecule has 0 atom stereocenters. The summed E-state index contributed by atoms with van der Waals surface area (Å²) in [7, 11) is 0. The van der Waals surface area contributed by atoms with Gasteiger partial charge < -0.3 is 15.2 Å². The van der Waals surface area contributed by atoms with Crippen molar-refractivity contribution in [3.63, 3.8) is 0 Å². The SMILES string of the molecule is O=C(O)C1CCC(Nc2ccccc2OCC(F)F)CC1. The van der Waals surface area contributed by atoms with Gasteiger partial charge in [-0.25, -0.2) is 8.78 Å². The van der Waals surface area contributed by atoms with E-state index in [4.69, 9.17) is 9.84 Å². The first-order valence-corrected chi connectivity index (χ1v) is 7.05. The van der Waals surface area contributed by atoms with Gasteiger partial charge in [0.05, 0.1) is 11.6 Å². The van der Waals surface area contributed by atoms with Crippen molar-refractivity contribution in [3.05, 3.63) is 24.3 Å². The zero-order valence-electron chi connectivity index (χ0n) is 11.6. The molecule has 1 fully saturated rings. The Bertz CT molecular complexity index is 474. The van der Waals surface area contributed by atoms with Crippen molar-refractivity contribution in [2.45, 2.75) is 38.2 Å². The number of anilines is 1. The second-order valence-electron chi connectivity index (χ2n) is 5.23. The maximum absolute atomic E-state index is 12.2. The first-order chi connectivity index (χ1) is 10.1. The molecule has 0 aromatic heterocycles. The number of carboxylic acids is 1. The van der Waals surface area contributed by atoms with Crippen molar-refractivity contribution in [1.82, 2.24) is 0 Å². The third-order valence-corrected chi connectivity index (χ3v) is 3.69. The number of ether oxygens (including phenoxy) is 1. The van der Waals surface area contributed by atoms with Crippen LogP contribution in [0.15, 0.2) is 24.3 Å². The zero-order valence-corrected chi connectivity index (χ0v) is 11.6. The highest BCUT2D eigenvalue weighted by Crippen LogP contribution is 2.30. The maximum Gasteiger partial charge on any atom is 0.306 e. The molecule has 0 heterocycles. The molecule has 0 aliphatic heterocycles. The minimum absolute atomic E-state index is 0.150. The lowest BCUT2D eigenvalue weighted by molar-refractivity contribution is -0.142. The molecule has 1 aromatic carbocycles. The van der Waals surface area contributed by atoms with Crippen LogP contribution >= 0.6 is 0 Å². The van der Waals surface area contributed by atoms with Gasteiger partial charge in [-0.15, -0.1) is 0 Å². The standard InChI is InChI=1S/C15H19F2NO3/c16-14(17)9-21-13-4-2-1-3-12(13)18-11-7-5-10(6-8-11)15(19)20/h1-4,10-11,14,18H,5-9H2,(H,19,20). The number of aliphatic carboxylic acids is 1. The smallest absolute Gasteiger partial charge is 0.306 e. The fraction of sp³-hybridized carbons (Fsp3) is 0.533. The molecule has 0 saturated heterocycles. The van der Waals surface area contributed by atoms with E-state index < -0.39 is 19.0 Å². The van der Waals surface area contributed by atoms with E-state index in [0.717, 1.165) is 12.8 Å². The Morgan fingerprint density at radius 1 is 1.29 bits per heavy atom. The van der Waals surface area contributed by atoms with Crippen LogP contribution in [0.3, 0.4) is 0 Å². The van der Waals surface area contributed by atoms with Gasteiger partial charge in [0.25, 0.3) is 6.43 Å². The van der Waals surface area contributed by atoms with Crippen LogP contribution in [0.2, 0.25) is 0 Å². The van der Waals surface area contributed by atoms with E-state index in [1.54, 1.807) is 24.3 Å². The molecule has 0 spiro atoms. The van der Waals surface area contributed by atoms with Crippen molar-refractivity contribution in [1.29, 1.82) is 0 Å². The monoisotopic (exact) mass is 299 g/mol. The Kier molecular flexibility index (Phi) is 5.36. The minimum atomic E-state index is -2.51. The molecule has 0 bridgehead atoms. The normalized spacial score (nSPS) is 22.0. The fourth-order valence-electron chi connectivity index (χ4n) is 2.57. The molecule has 0 amide bonds. The van der Waals surface area contributed by atoms with Crippen LogP contribution in [0.25, 0.3) is 0 Å². The quantitative estimate of drug-likeness (QED) is 0.845. The summed E-state index contributed by atoms with van der Waals surface area (Å²) in [5.74, 6) is -0.611. The Balaban J connectivity index is 1.92. The average Bonchev–Trinajstić information content (AvgIpc) is 2.47. The molecule has 21 heavy (non-hydrogen) atoms. The Morgan fingerprint density at radius 3 is 2.57 bits per heavy atom. The van der Waals surface area contributed by atoms with Gasteiger partial charge >= 0.3 is 5.97 Å². The number of halogens is 2. The number of nitrogens with one attached hydrogen (secondary N) is 1. The number of benzene rings is 1. The van der Waals surface area contributed by atoms with Crippen molar-refractivity contribution in [2.24, 2.45) is 5.92 Å². The molecule has 1 saturated carbocycles. The topological polar surface area (TPSA) is 58.6 Å². The largest absolute Gasteiger partial charge is 0.485 e. The predicted molar refractivity (Wildman–Crippen MR) is 74.9 cm³/mol. The van der Waals surface area contributed by atoms with E-state index in [1.807, 2.05) is 0 Å². The molecule has 2 N–H and O–H groups in total. The molecule has 116 valence electrons. The van der Waals surface area contributed by atoms with Crippen molar-refractivity contribution < 1.29 is 23.4 Å². The second-order valence-corrected chi connectivity index (χ2v) is 5.23. The van der Waals surface area contributed by atoms with Crippen LogP contribution in [-0.2, 0) is 4.79 Å². The third kappa shape index (κ3) is 4.58. The van der Waals surface area contributed by atoms with Crippen LogP contribution < -0.4 is 10.1 Å². The summed E-state index contributed by atoms with van der Waals surface area (Å²) in [6.07, 6.45) is 0.254. The van der Waals surface area contributed by atoms with Gasteiger partial charge in [-0.3, -0.25) is 4.79 Å². The first-order valence-electron chi connectivity index (χ1n) is 7.05. The lowest BCUT2D eigenvalue weighted by atomic mass is 9.86. The Labute approximate surface area is 122 Å². The van der Waals surface area contributed by atoms with E-state index in [0.29, 0.717) is 24.3 Å². The summed E-state index contributed by atoms with van der Waals surface area (Å²) in [6.45, 7) is -0.634. The lowest BCUT2D eigenvalue weighted by Gasteiger charge is -2.28. The molecule has 6 heteroatoms. The molecular formula is C15H19F2NO3. The van der Waals surface area contributed by atoms with Crippen LogP contribution in [0.1, 0.15) is 25.7 Å². The summed E-state index contributed by atoms with van der Waals surface area (Å²) in [5.41, 5.74) is 0.678. The summed E-state index contributed by atoms with van der Waals surface area (Å²) in [6, 6.07) is 7.11. The molecule has 2 rings (SSSR count). The highest BCUT2D eigenvalue weighted by Gasteiger charge is 2.26. The summed E-state index contributed by atoms with van der Waals surface area (Å²) in [4.78, 5) is 10.9. The van der Waals surface area contributed by atoms with Crippen LogP contribution in [0.5, 0.6) is 5.75 Å². The van der Waals surface area contributed by atoms with Crippen LogP contribution in [-0.4, -0.2) is 30.2 Å². The number of rotatable bonds is 6. The predicted octanol–water partition coefficient (Wildman–Crippen LogP) is 3.39. The number of hydrogen-bond donors (Lipinski definition) is 2. The highest BCUT2D eigenvalue weighted by molar-refractivity contribution is 5.70. The van der Waals surface area contributed by atoms with Gasteiger partial charge in [0.1, 0.15) is 12.4 Å². The Hall–Kier alpha value is -1.85. The van der Waals surface area contributed by atoms with Crippen molar-refractivity contribution in [2.75, 3.05) is 11.9 Å². The van der Waals surface area contributed by atoms with Gasteiger partial charge in [0.2, 0.25) is 0 Å². The number of carbonyl (C=O) groups is 1. The number of hydrogen-bond acceptors (Lipinski definition) is 3. The summed E-state index contributed by atoms with van der Waals surface area (Å²) >= 11 is 0. The van der Waals surface area contributed by atoms with Crippen molar-refractivity contribution >= 4 is 11.7 Å². The molecule has 1 aliphatic rings. The third-order valence-electron chi connectivity index (χ3n) is 3.69. The number of para-hydroxylation sites is 2. The molecule has 1 aromatic rings. The van der Waals surface area contributed by atoms with Gasteiger partial charge in [0.15, 0.2) is 0 Å². The lowest BCUT2D eigenvalue weighted by Crippen LogP contribution is -2.29. The zero-order chi connectivity index (χ0) is 15.2. The Morgan fingerprint density at radius 2 is 1.95 bits per heavy atom. The molecule has 1 aliphatic carbocycles. The number of alkyl halides is 2. The van der Waals surface area contributed by atoms with Crippen molar-refractivity contribution in [3.8, 4) is 5.75 Å². The average molecular weight is 299 g/mol. The van der Waals surface area contributed by atoms with Gasteiger partial charge in [0, 0.05) is 6.04 Å². The van der Waals surface area contributed by atoms with Gasteiger partial charge in [-0.2, -0.15) is 0 Å². The highest BCUT2D eigenvalue weighted by atomic mass is 19.3. The van der Waals surface area contributed by atoms with E-state index in [2.05, 4.69) is 5.32 Å². The van der Waals surface area contributed by atoms with Crippen LogP contribution in [0.4, 0.5) is 14.5 Å². The molecule has 0 unspecified atom stereocenters. The second kappa shape index (κ2) is 7.24. The van der Waals surface area contributed by atoms with E-state index in [1.165, 1.54) is 0 Å². The fourth-order valence-corrected chi connectivity index (χ4v) is 2.57. The molecule has 0 radical (unpaired) electrons. The first kappa shape index (κ1) is 15.5. The molecule has 4 nitrogen and oxygen atoms in total. The van der Waals surface area contributed by atoms with E-state index >= 15 is 0 Å². The number of carboxylic acid groups (broad SMARTS) is 1. The summed E-state index contributed by atoms with van der Waals surface area (Å²) < 4.78 is 29.5.